The average Bonchev–Trinajstić information content (AvgIpc) is 2.64. The second-order valence-corrected chi connectivity index (χ2v) is 5.90. The van der Waals surface area contributed by atoms with Crippen LogP contribution in [0, 0.1) is 0 Å². The number of aliphatic hydroxyl groups excluding tert-OH is 1. The molecule has 0 aliphatic carbocycles. The molecule has 0 spiro atoms. The summed E-state index contributed by atoms with van der Waals surface area (Å²) in [7, 11) is 2.15. The van der Waals surface area contributed by atoms with Crippen LogP contribution in [0.5, 0.6) is 0 Å². The largest absolute Gasteiger partial charge is 0.389 e. The number of likely N-dealkylation sites (N-methyl/N-ethyl adjacent to an activating group) is 1. The molecule has 0 saturated carbocycles. The molecule has 0 bridgehead atoms. The molecule has 110 valence electrons. The van der Waals surface area contributed by atoms with E-state index in [1.807, 2.05) is 24.3 Å². The van der Waals surface area contributed by atoms with Crippen molar-refractivity contribution in [3.63, 3.8) is 0 Å². The molecule has 20 heavy (non-hydrogen) atoms. The Labute approximate surface area is 126 Å². The summed E-state index contributed by atoms with van der Waals surface area (Å²) in [6.45, 7) is 4.94. The molecular weight excluding hydrogens is 270 g/mol. The van der Waals surface area contributed by atoms with E-state index in [0.717, 1.165) is 43.7 Å². The molecule has 1 aliphatic heterocycles. The first-order chi connectivity index (χ1) is 9.56. The van der Waals surface area contributed by atoms with Gasteiger partial charge in [0.15, 0.2) is 0 Å². The zero-order chi connectivity index (χ0) is 14.5. The minimum Gasteiger partial charge on any atom is -0.389 e. The zero-order valence-corrected chi connectivity index (χ0v) is 12.8. The van der Waals surface area contributed by atoms with Gasteiger partial charge in [0.25, 0.3) is 0 Å². The van der Waals surface area contributed by atoms with E-state index in [1.165, 1.54) is 0 Å². The highest BCUT2D eigenvalue weighted by molar-refractivity contribution is 7.80. The fourth-order valence-corrected chi connectivity index (χ4v) is 2.64. The first kappa shape index (κ1) is 15.4. The molecule has 0 aromatic heterocycles. The Bertz CT molecular complexity index is 449. The lowest BCUT2D eigenvalue weighted by Gasteiger charge is -2.23. The quantitative estimate of drug-likeness (QED) is 0.811. The van der Waals surface area contributed by atoms with Crippen molar-refractivity contribution < 1.29 is 5.11 Å². The fraction of sp³-hybridized carbons (Fsp3) is 0.533. The fourth-order valence-electron chi connectivity index (χ4n) is 2.50. The van der Waals surface area contributed by atoms with Crippen LogP contribution in [0.15, 0.2) is 24.3 Å². The maximum absolute atomic E-state index is 10.3. The van der Waals surface area contributed by atoms with Crippen LogP contribution in [0.2, 0.25) is 0 Å². The van der Waals surface area contributed by atoms with Crippen molar-refractivity contribution in [1.82, 2.24) is 9.80 Å². The van der Waals surface area contributed by atoms with Crippen LogP contribution in [0.3, 0.4) is 0 Å². The lowest BCUT2D eigenvalue weighted by molar-refractivity contribution is 0.115. The van der Waals surface area contributed by atoms with Crippen molar-refractivity contribution in [3.05, 3.63) is 35.4 Å². The molecular formula is C15H23N3OS. The van der Waals surface area contributed by atoms with Gasteiger partial charge in [0.05, 0.1) is 6.10 Å². The van der Waals surface area contributed by atoms with Crippen molar-refractivity contribution in [3.8, 4) is 0 Å². The third-order valence-electron chi connectivity index (χ3n) is 3.82. The van der Waals surface area contributed by atoms with Gasteiger partial charge in [-0.05, 0) is 32.1 Å². The second kappa shape index (κ2) is 7.13. The van der Waals surface area contributed by atoms with Crippen molar-refractivity contribution in [1.29, 1.82) is 0 Å². The minimum absolute atomic E-state index is 0.390. The molecule has 1 aromatic rings. The first-order valence-electron chi connectivity index (χ1n) is 7.05. The molecule has 1 aromatic carbocycles. The van der Waals surface area contributed by atoms with E-state index < -0.39 is 6.10 Å². The zero-order valence-electron chi connectivity index (χ0n) is 12.0. The predicted octanol–water partition coefficient (Wildman–Crippen LogP) is 0.992. The summed E-state index contributed by atoms with van der Waals surface area (Å²) in [5.74, 6) is 0. The number of aliphatic hydroxyl groups is 1. The molecule has 4 nitrogen and oxygen atoms in total. The summed E-state index contributed by atoms with van der Waals surface area (Å²) in [5, 5.41) is 10.3. The number of benzene rings is 1. The highest BCUT2D eigenvalue weighted by atomic mass is 32.1. The molecule has 2 rings (SSSR count). The third kappa shape index (κ3) is 4.24. The monoisotopic (exact) mass is 293 g/mol. The van der Waals surface area contributed by atoms with E-state index >= 15 is 0 Å². The van der Waals surface area contributed by atoms with E-state index in [0.29, 0.717) is 11.5 Å². The Morgan fingerprint density at radius 2 is 1.95 bits per heavy atom. The maximum atomic E-state index is 10.3. The molecule has 0 radical (unpaired) electrons. The number of hydrogen-bond acceptors (Lipinski definition) is 4. The van der Waals surface area contributed by atoms with Crippen molar-refractivity contribution in [2.75, 3.05) is 39.8 Å². The van der Waals surface area contributed by atoms with Crippen LogP contribution in [0.4, 0.5) is 0 Å². The smallest absolute Gasteiger partial charge is 0.103 e. The van der Waals surface area contributed by atoms with Gasteiger partial charge in [-0.3, -0.25) is 4.90 Å². The lowest BCUT2D eigenvalue weighted by Crippen LogP contribution is -2.32. The summed E-state index contributed by atoms with van der Waals surface area (Å²) >= 11 is 4.93. The van der Waals surface area contributed by atoms with E-state index in [1.54, 1.807) is 0 Å². The van der Waals surface area contributed by atoms with Crippen LogP contribution in [0.1, 0.15) is 23.7 Å². The lowest BCUT2D eigenvalue weighted by atomic mass is 10.1. The molecule has 1 saturated heterocycles. The minimum atomic E-state index is -0.459. The van der Waals surface area contributed by atoms with E-state index in [9.17, 15) is 5.11 Å². The van der Waals surface area contributed by atoms with Gasteiger partial charge in [-0.25, -0.2) is 0 Å². The molecule has 0 amide bonds. The van der Waals surface area contributed by atoms with Gasteiger partial charge in [0.1, 0.15) is 4.99 Å². The van der Waals surface area contributed by atoms with Crippen LogP contribution in [0.25, 0.3) is 0 Å². The average molecular weight is 293 g/mol. The van der Waals surface area contributed by atoms with Crippen molar-refractivity contribution in [2.24, 2.45) is 5.73 Å². The number of hydrogen-bond donors (Lipinski definition) is 2. The maximum Gasteiger partial charge on any atom is 0.103 e. The third-order valence-corrected chi connectivity index (χ3v) is 4.06. The molecule has 1 fully saturated rings. The molecule has 1 unspecified atom stereocenters. The van der Waals surface area contributed by atoms with Crippen molar-refractivity contribution >= 4 is 17.2 Å². The van der Waals surface area contributed by atoms with Crippen LogP contribution in [-0.2, 0) is 0 Å². The number of nitrogens with two attached hydrogens (primary N) is 1. The van der Waals surface area contributed by atoms with Crippen LogP contribution < -0.4 is 5.73 Å². The van der Waals surface area contributed by atoms with Gasteiger partial charge < -0.3 is 15.7 Å². The molecule has 1 aliphatic rings. The highest BCUT2D eigenvalue weighted by Crippen LogP contribution is 2.16. The van der Waals surface area contributed by atoms with Crippen molar-refractivity contribution in [2.45, 2.75) is 12.5 Å². The normalized spacial score (nSPS) is 19.5. The van der Waals surface area contributed by atoms with Gasteiger partial charge in [-0.2, -0.15) is 0 Å². The molecule has 5 heteroatoms. The number of nitrogens with zero attached hydrogens (tertiary/aromatic N) is 2. The van der Waals surface area contributed by atoms with Gasteiger partial charge >= 0.3 is 0 Å². The summed E-state index contributed by atoms with van der Waals surface area (Å²) in [6.07, 6.45) is 0.697. The topological polar surface area (TPSA) is 52.7 Å². The SMILES string of the molecule is CN1CCCN(CC(O)c2ccc(C(N)=S)cc2)CC1. The van der Waals surface area contributed by atoms with Gasteiger partial charge in [-0.15, -0.1) is 0 Å². The molecule has 3 N–H and O–H groups in total. The summed E-state index contributed by atoms with van der Waals surface area (Å²) in [6, 6.07) is 7.56. The summed E-state index contributed by atoms with van der Waals surface area (Å²) in [5.41, 5.74) is 7.33. The molecule has 1 atom stereocenters. The van der Waals surface area contributed by atoms with Gasteiger partial charge in [0.2, 0.25) is 0 Å². The number of rotatable bonds is 4. The Morgan fingerprint density at radius 3 is 2.60 bits per heavy atom. The van der Waals surface area contributed by atoms with Gasteiger partial charge in [0, 0.05) is 25.2 Å². The highest BCUT2D eigenvalue weighted by Gasteiger charge is 2.16. The van der Waals surface area contributed by atoms with E-state index in [2.05, 4.69) is 16.8 Å². The Morgan fingerprint density at radius 1 is 1.25 bits per heavy atom. The Kier molecular flexibility index (Phi) is 5.48. The van der Waals surface area contributed by atoms with Gasteiger partial charge in [-0.1, -0.05) is 36.5 Å². The Hall–Kier alpha value is -1.01. The number of β-amino-alcohol motifs (C(OH)–C–C–N with tert-alkyl or cyclic N) is 1. The predicted molar refractivity (Wildman–Crippen MR) is 85.8 cm³/mol. The molecule has 1 heterocycles. The Balaban J connectivity index is 1.93. The summed E-state index contributed by atoms with van der Waals surface area (Å²) < 4.78 is 0. The van der Waals surface area contributed by atoms with Crippen LogP contribution in [-0.4, -0.2) is 59.7 Å². The second-order valence-electron chi connectivity index (χ2n) is 5.46. The van der Waals surface area contributed by atoms with E-state index in [-0.39, 0.29) is 0 Å². The van der Waals surface area contributed by atoms with E-state index in [4.69, 9.17) is 18.0 Å². The summed E-state index contributed by atoms with van der Waals surface area (Å²) in [4.78, 5) is 5.06. The first-order valence-corrected chi connectivity index (χ1v) is 7.46. The van der Waals surface area contributed by atoms with Crippen LogP contribution >= 0.6 is 12.2 Å². The number of thiocarbonyl (C=S) groups is 1. The standard InChI is InChI=1S/C15H23N3OS/c1-17-7-2-8-18(10-9-17)11-14(19)12-3-5-13(6-4-12)15(16)20/h3-6,14,19H,2,7-11H2,1H3,(H2,16,20).